The molecule has 0 atom stereocenters. The molecule has 2 aromatic rings. The minimum absolute atomic E-state index is 0.0367. The molecule has 0 unspecified atom stereocenters. The third kappa shape index (κ3) is 3.31. The Morgan fingerprint density at radius 2 is 2.14 bits per heavy atom. The van der Waals surface area contributed by atoms with E-state index in [1.807, 2.05) is 25.1 Å². The van der Waals surface area contributed by atoms with Gasteiger partial charge in [0.1, 0.15) is 0 Å². The van der Waals surface area contributed by atoms with Gasteiger partial charge in [-0.1, -0.05) is 6.07 Å². The van der Waals surface area contributed by atoms with Crippen molar-refractivity contribution < 1.29 is 4.92 Å². The predicted octanol–water partition coefficient (Wildman–Crippen LogP) is 3.89. The Morgan fingerprint density at radius 1 is 1.38 bits per heavy atom. The van der Waals surface area contributed by atoms with Crippen LogP contribution in [0, 0.1) is 28.4 Å². The summed E-state index contributed by atoms with van der Waals surface area (Å²) in [5.74, 6) is 0. The van der Waals surface area contributed by atoms with Crippen molar-refractivity contribution in [3.63, 3.8) is 0 Å². The highest BCUT2D eigenvalue weighted by atomic mass is 16.6. The molecular weight excluding hydrogens is 266 g/mol. The van der Waals surface area contributed by atoms with Gasteiger partial charge in [-0.25, -0.2) is 0 Å². The molecule has 0 N–H and O–H groups in total. The van der Waals surface area contributed by atoms with Crippen molar-refractivity contribution in [1.29, 1.82) is 5.26 Å². The molecule has 2 rings (SSSR count). The van der Waals surface area contributed by atoms with E-state index < -0.39 is 4.92 Å². The van der Waals surface area contributed by atoms with E-state index in [1.54, 1.807) is 25.3 Å². The summed E-state index contributed by atoms with van der Waals surface area (Å²) in [7, 11) is 0. The first-order chi connectivity index (χ1) is 10.0. The molecule has 0 spiro atoms. The van der Waals surface area contributed by atoms with E-state index in [0.717, 1.165) is 5.56 Å². The van der Waals surface area contributed by atoms with Crippen LogP contribution in [0.5, 0.6) is 0 Å². The van der Waals surface area contributed by atoms with E-state index >= 15 is 0 Å². The fourth-order valence-electron chi connectivity index (χ4n) is 1.94. The van der Waals surface area contributed by atoms with Crippen molar-refractivity contribution in [3.05, 3.63) is 63.3 Å². The van der Waals surface area contributed by atoms with E-state index in [0.29, 0.717) is 22.4 Å². The zero-order chi connectivity index (χ0) is 15.4. The van der Waals surface area contributed by atoms with Crippen molar-refractivity contribution in [2.24, 2.45) is 0 Å². The highest BCUT2D eigenvalue weighted by Crippen LogP contribution is 2.28. The van der Waals surface area contributed by atoms with Gasteiger partial charge in [0.05, 0.1) is 22.2 Å². The molecule has 0 aliphatic rings. The van der Waals surface area contributed by atoms with Crippen LogP contribution in [-0.2, 0) is 0 Å². The number of nitro benzene ring substituents is 1. The molecule has 0 aliphatic heterocycles. The molecule has 0 saturated carbocycles. The van der Waals surface area contributed by atoms with E-state index in [4.69, 9.17) is 5.26 Å². The Hall–Kier alpha value is -3.00. The van der Waals surface area contributed by atoms with E-state index in [1.165, 1.54) is 12.1 Å². The van der Waals surface area contributed by atoms with Crippen molar-refractivity contribution >= 4 is 11.8 Å². The van der Waals surface area contributed by atoms with E-state index in [-0.39, 0.29) is 5.69 Å². The lowest BCUT2D eigenvalue weighted by molar-refractivity contribution is -0.385. The van der Waals surface area contributed by atoms with Gasteiger partial charge in [-0.15, -0.1) is 0 Å². The number of hydrogen-bond acceptors (Lipinski definition) is 4. The number of aryl methyl sites for hydroxylation is 1. The van der Waals surface area contributed by atoms with E-state index in [9.17, 15) is 10.1 Å². The molecule has 21 heavy (non-hydrogen) atoms. The van der Waals surface area contributed by atoms with Gasteiger partial charge >= 0.3 is 0 Å². The van der Waals surface area contributed by atoms with Crippen molar-refractivity contribution in [2.45, 2.75) is 13.8 Å². The SMILES string of the molecule is C/C(C#N)=C/c1ccc(-c2cc(C)ccn2)cc1[N+](=O)[O-]. The molecule has 104 valence electrons. The van der Waals surface area contributed by atoms with Crippen molar-refractivity contribution in [2.75, 3.05) is 0 Å². The number of allylic oxidation sites excluding steroid dienone is 1. The molecule has 1 aromatic carbocycles. The summed E-state index contributed by atoms with van der Waals surface area (Å²) < 4.78 is 0. The third-order valence-electron chi connectivity index (χ3n) is 2.99. The van der Waals surface area contributed by atoms with Gasteiger partial charge in [0.25, 0.3) is 5.69 Å². The average Bonchev–Trinajstić information content (AvgIpc) is 2.47. The molecule has 0 bridgehead atoms. The Balaban J connectivity index is 2.56. The first kappa shape index (κ1) is 14.4. The molecule has 5 heteroatoms. The lowest BCUT2D eigenvalue weighted by Crippen LogP contribution is -1.94. The van der Waals surface area contributed by atoms with Gasteiger partial charge in [0.2, 0.25) is 0 Å². The minimum Gasteiger partial charge on any atom is -0.258 e. The number of rotatable bonds is 3. The number of hydrogen-bond donors (Lipinski definition) is 0. The van der Waals surface area contributed by atoms with Gasteiger partial charge in [0, 0.05) is 23.4 Å². The summed E-state index contributed by atoms with van der Waals surface area (Å²) in [4.78, 5) is 15.0. The average molecular weight is 279 g/mol. The molecular formula is C16H13N3O2. The van der Waals surface area contributed by atoms with Crippen LogP contribution < -0.4 is 0 Å². The predicted molar refractivity (Wildman–Crippen MR) is 80.3 cm³/mol. The zero-order valence-corrected chi connectivity index (χ0v) is 11.7. The maximum Gasteiger partial charge on any atom is 0.277 e. The number of benzene rings is 1. The zero-order valence-electron chi connectivity index (χ0n) is 11.7. The molecule has 1 aromatic heterocycles. The largest absolute Gasteiger partial charge is 0.277 e. The summed E-state index contributed by atoms with van der Waals surface area (Å²) in [5, 5.41) is 20.0. The topological polar surface area (TPSA) is 79.8 Å². The van der Waals surface area contributed by atoms with Crippen molar-refractivity contribution in [1.82, 2.24) is 4.98 Å². The number of pyridine rings is 1. The van der Waals surface area contributed by atoms with Crippen LogP contribution in [0.3, 0.4) is 0 Å². The van der Waals surface area contributed by atoms with Gasteiger partial charge in [-0.2, -0.15) is 5.26 Å². The molecule has 5 nitrogen and oxygen atoms in total. The molecule has 0 radical (unpaired) electrons. The van der Waals surface area contributed by atoms with Crippen LogP contribution in [0.15, 0.2) is 42.1 Å². The van der Waals surface area contributed by atoms with Crippen LogP contribution in [0.4, 0.5) is 5.69 Å². The Morgan fingerprint density at radius 3 is 2.76 bits per heavy atom. The standard InChI is InChI=1S/C16H13N3O2/c1-11-5-6-18-15(8-11)13-3-4-14(7-12(2)10-17)16(9-13)19(20)21/h3-9H,1-2H3/b12-7-. The number of nitriles is 1. The quantitative estimate of drug-likeness (QED) is 0.485. The van der Waals surface area contributed by atoms with Gasteiger partial charge < -0.3 is 0 Å². The Bertz CT molecular complexity index is 773. The first-order valence-corrected chi connectivity index (χ1v) is 6.31. The van der Waals surface area contributed by atoms with Crippen LogP contribution in [0.25, 0.3) is 17.3 Å². The van der Waals surface area contributed by atoms with Crippen LogP contribution in [0.2, 0.25) is 0 Å². The lowest BCUT2D eigenvalue weighted by Gasteiger charge is -2.04. The summed E-state index contributed by atoms with van der Waals surface area (Å²) in [6, 6.07) is 10.6. The molecule has 0 amide bonds. The second kappa shape index (κ2) is 5.97. The second-order valence-electron chi connectivity index (χ2n) is 4.69. The lowest BCUT2D eigenvalue weighted by atomic mass is 10.0. The highest BCUT2D eigenvalue weighted by Gasteiger charge is 2.14. The van der Waals surface area contributed by atoms with E-state index in [2.05, 4.69) is 4.98 Å². The summed E-state index contributed by atoms with van der Waals surface area (Å²) in [6.07, 6.45) is 3.18. The minimum atomic E-state index is -0.449. The summed E-state index contributed by atoms with van der Waals surface area (Å²) in [6.45, 7) is 3.55. The third-order valence-corrected chi connectivity index (χ3v) is 2.99. The number of nitrogens with zero attached hydrogens (tertiary/aromatic N) is 3. The molecule has 0 saturated heterocycles. The molecule has 1 heterocycles. The Labute approximate surface area is 122 Å². The number of nitro groups is 1. The van der Waals surface area contributed by atoms with Gasteiger partial charge in [-0.3, -0.25) is 15.1 Å². The van der Waals surface area contributed by atoms with Gasteiger partial charge in [-0.05, 0) is 43.7 Å². The maximum absolute atomic E-state index is 11.2. The fourth-order valence-corrected chi connectivity index (χ4v) is 1.94. The first-order valence-electron chi connectivity index (χ1n) is 6.31. The Kier molecular flexibility index (Phi) is 4.10. The van der Waals surface area contributed by atoms with Gasteiger partial charge in [0.15, 0.2) is 0 Å². The fraction of sp³-hybridized carbons (Fsp3) is 0.125. The van der Waals surface area contributed by atoms with Crippen LogP contribution in [0.1, 0.15) is 18.1 Å². The number of aromatic nitrogens is 1. The smallest absolute Gasteiger partial charge is 0.258 e. The summed E-state index contributed by atoms with van der Waals surface area (Å²) >= 11 is 0. The van der Waals surface area contributed by atoms with Crippen molar-refractivity contribution in [3.8, 4) is 17.3 Å². The maximum atomic E-state index is 11.2. The normalized spacial score (nSPS) is 11.0. The molecule has 0 fully saturated rings. The highest BCUT2D eigenvalue weighted by molar-refractivity contribution is 5.71. The van der Waals surface area contributed by atoms with Crippen LogP contribution >= 0.6 is 0 Å². The summed E-state index contributed by atoms with van der Waals surface area (Å²) in [5.41, 5.74) is 3.19. The van der Waals surface area contributed by atoms with Crippen LogP contribution in [-0.4, -0.2) is 9.91 Å². The second-order valence-corrected chi connectivity index (χ2v) is 4.69. The monoisotopic (exact) mass is 279 g/mol. The molecule has 0 aliphatic carbocycles.